The molecule has 6 rings (SSSR count). The predicted molar refractivity (Wildman–Crippen MR) is 188 cm³/mol. The number of aliphatic imine (C=N–C) groups is 1. The van der Waals surface area contributed by atoms with Gasteiger partial charge in [-0.3, -0.25) is 14.6 Å². The summed E-state index contributed by atoms with van der Waals surface area (Å²) in [5.41, 5.74) is 4.25. The van der Waals surface area contributed by atoms with Gasteiger partial charge in [-0.25, -0.2) is 9.97 Å². The number of rotatable bonds is 10. The molecule has 44 heavy (non-hydrogen) atoms. The second kappa shape index (κ2) is 13.8. The number of aromatic nitrogens is 2. The van der Waals surface area contributed by atoms with Crippen LogP contribution in [0.2, 0.25) is 5.02 Å². The minimum atomic E-state index is -0.139. The van der Waals surface area contributed by atoms with Crippen molar-refractivity contribution >= 4 is 123 Å². The first kappa shape index (κ1) is 30.8. The van der Waals surface area contributed by atoms with E-state index in [1.807, 2.05) is 48.5 Å². The van der Waals surface area contributed by atoms with Crippen LogP contribution in [-0.2, 0) is 4.79 Å². The van der Waals surface area contributed by atoms with Crippen LogP contribution in [0, 0.1) is 0 Å². The van der Waals surface area contributed by atoms with Crippen LogP contribution in [-0.4, -0.2) is 44.5 Å². The van der Waals surface area contributed by atoms with E-state index in [1.54, 1.807) is 30.5 Å². The second-order valence-electron chi connectivity index (χ2n) is 9.31. The Kier molecular flexibility index (Phi) is 9.65. The molecule has 0 saturated carbocycles. The summed E-state index contributed by atoms with van der Waals surface area (Å²) in [6, 6.07) is 23.4. The van der Waals surface area contributed by atoms with Crippen molar-refractivity contribution in [1.29, 1.82) is 0 Å². The van der Waals surface area contributed by atoms with E-state index in [1.165, 1.54) is 52.3 Å². The number of Topliss-reactive ketones (excluding diaryl/α,β-unsaturated/α-hetero) is 1. The normalized spacial score (nSPS) is 11.5. The van der Waals surface area contributed by atoms with Gasteiger partial charge in [-0.05, 0) is 66.7 Å². The van der Waals surface area contributed by atoms with Crippen LogP contribution >= 0.6 is 73.7 Å². The van der Waals surface area contributed by atoms with Crippen LogP contribution in [0.25, 0.3) is 20.4 Å². The molecule has 0 atom stereocenters. The summed E-state index contributed by atoms with van der Waals surface area (Å²) >= 11 is 15.2. The molecule has 0 radical (unpaired) electrons. The Balaban J connectivity index is 1.04. The molecule has 13 heteroatoms. The van der Waals surface area contributed by atoms with Gasteiger partial charge < -0.3 is 10.4 Å². The van der Waals surface area contributed by atoms with Crippen LogP contribution in [0.5, 0.6) is 5.75 Å². The van der Waals surface area contributed by atoms with Gasteiger partial charge in [0.2, 0.25) is 5.91 Å². The molecule has 0 spiro atoms. The molecule has 0 aliphatic carbocycles. The average molecular weight is 740 g/mol. The zero-order chi connectivity index (χ0) is 30.6. The Labute approximate surface area is 281 Å². The van der Waals surface area contributed by atoms with Crippen molar-refractivity contribution in [2.75, 3.05) is 16.8 Å². The summed E-state index contributed by atoms with van der Waals surface area (Å²) in [7, 11) is 0. The molecular formula is C31H20BrClN4O3S4. The molecule has 0 aliphatic heterocycles. The number of phenols is 1. The number of fused-ring (bicyclic) bond motifs is 2. The molecule has 7 nitrogen and oxygen atoms in total. The van der Waals surface area contributed by atoms with Crippen LogP contribution in [0.1, 0.15) is 15.9 Å². The summed E-state index contributed by atoms with van der Waals surface area (Å²) in [6.45, 7) is 0. The summed E-state index contributed by atoms with van der Waals surface area (Å²) < 4.78 is 4.39. The number of ketones is 1. The Morgan fingerprint density at radius 2 is 1.57 bits per heavy atom. The van der Waals surface area contributed by atoms with Crippen molar-refractivity contribution in [2.24, 2.45) is 4.99 Å². The molecule has 0 fully saturated rings. The van der Waals surface area contributed by atoms with Gasteiger partial charge in [0.25, 0.3) is 0 Å². The lowest BCUT2D eigenvalue weighted by atomic mass is 10.2. The standard InChI is InChI=1S/C31H20BrClN4O3S4/c32-19-3-1-17(2-4-19)26(39)15-41-30-36-24-9-7-22(13-28(24)44-30)35-29(40)16-42-31-37-23-8-6-21(12-27(23)43-31)34-14-18-11-20(33)5-10-25(18)38/h1-14,38H,15-16H2,(H,35,40). The maximum Gasteiger partial charge on any atom is 0.234 e. The second-order valence-corrected chi connectivity index (χ2v) is 15.2. The third-order valence-corrected chi connectivity index (χ3v) is 11.3. The number of carbonyl (C=O) groups is 2. The number of halogens is 2. The molecule has 0 saturated heterocycles. The first-order valence-corrected chi connectivity index (χ1v) is 17.7. The lowest BCUT2D eigenvalue weighted by molar-refractivity contribution is -0.113. The van der Waals surface area contributed by atoms with Gasteiger partial charge in [0.1, 0.15) is 5.75 Å². The van der Waals surface area contributed by atoms with Crippen molar-refractivity contribution in [2.45, 2.75) is 8.68 Å². The van der Waals surface area contributed by atoms with Crippen LogP contribution in [0.3, 0.4) is 0 Å². The summed E-state index contributed by atoms with van der Waals surface area (Å²) in [4.78, 5) is 39.0. The van der Waals surface area contributed by atoms with E-state index in [0.717, 1.165) is 33.6 Å². The molecule has 2 heterocycles. The highest BCUT2D eigenvalue weighted by atomic mass is 79.9. The molecule has 220 valence electrons. The summed E-state index contributed by atoms with van der Waals surface area (Å²) in [6.07, 6.45) is 1.57. The fraction of sp³-hybridized carbons (Fsp3) is 0.0645. The number of anilines is 1. The van der Waals surface area contributed by atoms with E-state index in [0.29, 0.717) is 33.3 Å². The maximum atomic E-state index is 12.7. The molecule has 6 aromatic rings. The van der Waals surface area contributed by atoms with E-state index in [9.17, 15) is 14.7 Å². The zero-order valence-corrected chi connectivity index (χ0v) is 28.1. The quantitative estimate of drug-likeness (QED) is 0.0820. The fourth-order valence-corrected chi connectivity index (χ4v) is 8.37. The van der Waals surface area contributed by atoms with Crippen molar-refractivity contribution < 1.29 is 14.7 Å². The molecule has 0 bridgehead atoms. The van der Waals surface area contributed by atoms with Crippen LogP contribution in [0.4, 0.5) is 11.4 Å². The Morgan fingerprint density at radius 1 is 0.886 bits per heavy atom. The highest BCUT2D eigenvalue weighted by Gasteiger charge is 2.13. The fourth-order valence-electron chi connectivity index (χ4n) is 4.02. The van der Waals surface area contributed by atoms with Crippen molar-refractivity contribution in [3.05, 3.63) is 99.5 Å². The van der Waals surface area contributed by atoms with Gasteiger partial charge in [-0.15, -0.1) is 22.7 Å². The minimum absolute atomic E-state index is 0.0456. The highest BCUT2D eigenvalue weighted by molar-refractivity contribution is 9.10. The van der Waals surface area contributed by atoms with E-state index in [4.69, 9.17) is 11.6 Å². The number of carbonyl (C=O) groups excluding carboxylic acids is 2. The van der Waals surface area contributed by atoms with Crippen LogP contribution < -0.4 is 5.32 Å². The van der Waals surface area contributed by atoms with E-state index >= 15 is 0 Å². The number of thiazole rings is 2. The molecule has 1 amide bonds. The molecular weight excluding hydrogens is 720 g/mol. The molecule has 4 aromatic carbocycles. The summed E-state index contributed by atoms with van der Waals surface area (Å²) in [5.74, 6) is 0.518. The predicted octanol–water partition coefficient (Wildman–Crippen LogP) is 9.48. The monoisotopic (exact) mass is 738 g/mol. The number of thioether (sulfide) groups is 2. The van der Waals surface area contributed by atoms with Crippen molar-refractivity contribution in [1.82, 2.24) is 9.97 Å². The number of amides is 1. The number of hydrogen-bond donors (Lipinski definition) is 2. The van der Waals surface area contributed by atoms with E-state index in [2.05, 4.69) is 36.2 Å². The largest absolute Gasteiger partial charge is 0.507 e. The number of phenolic OH excluding ortho intramolecular Hbond substituents is 1. The summed E-state index contributed by atoms with van der Waals surface area (Å²) in [5, 5.41) is 13.5. The lowest BCUT2D eigenvalue weighted by Crippen LogP contribution is -2.13. The molecule has 0 aliphatic rings. The number of aromatic hydroxyl groups is 1. The number of nitrogens with zero attached hydrogens (tertiary/aromatic N) is 3. The first-order chi connectivity index (χ1) is 21.3. The first-order valence-electron chi connectivity index (χ1n) is 13.0. The molecule has 2 N–H and O–H groups in total. The van der Waals surface area contributed by atoms with Crippen LogP contribution in [0.15, 0.2) is 97.0 Å². The van der Waals surface area contributed by atoms with Gasteiger partial charge in [0, 0.05) is 32.5 Å². The van der Waals surface area contributed by atoms with E-state index in [-0.39, 0.29) is 23.2 Å². The van der Waals surface area contributed by atoms with E-state index < -0.39 is 0 Å². The number of benzene rings is 4. The SMILES string of the molecule is O=C(CSc1nc2ccc(N=Cc3cc(Cl)ccc3O)cc2s1)Nc1ccc2nc(SCC(=O)c3ccc(Br)cc3)sc2c1. The number of hydrogen-bond acceptors (Lipinski definition) is 10. The minimum Gasteiger partial charge on any atom is -0.507 e. The van der Waals surface area contributed by atoms with Gasteiger partial charge in [0.15, 0.2) is 14.5 Å². The van der Waals surface area contributed by atoms with Crippen molar-refractivity contribution in [3.63, 3.8) is 0 Å². The lowest BCUT2D eigenvalue weighted by Gasteiger charge is -2.03. The Hall–Kier alpha value is -3.26. The highest BCUT2D eigenvalue weighted by Crippen LogP contribution is 2.34. The topological polar surface area (TPSA) is 105 Å². The van der Waals surface area contributed by atoms with Gasteiger partial charge in [0.05, 0.1) is 37.6 Å². The third kappa shape index (κ3) is 7.68. The Morgan fingerprint density at radius 3 is 2.32 bits per heavy atom. The van der Waals surface area contributed by atoms with Gasteiger partial charge in [-0.2, -0.15) is 0 Å². The molecule has 2 aromatic heterocycles. The maximum absolute atomic E-state index is 12.7. The smallest absolute Gasteiger partial charge is 0.234 e. The zero-order valence-electron chi connectivity index (χ0n) is 22.5. The Bertz CT molecular complexity index is 2050. The van der Waals surface area contributed by atoms with Crippen molar-refractivity contribution in [3.8, 4) is 5.75 Å². The number of nitrogens with one attached hydrogen (secondary N) is 1. The van der Waals surface area contributed by atoms with Gasteiger partial charge in [-0.1, -0.05) is 63.2 Å². The average Bonchev–Trinajstić information content (AvgIpc) is 3.62. The third-order valence-electron chi connectivity index (χ3n) is 6.17. The molecule has 0 unspecified atom stereocenters. The van der Waals surface area contributed by atoms with Gasteiger partial charge >= 0.3 is 0 Å².